The maximum absolute atomic E-state index is 13.0. The SMILES string of the molecule is CC/C=C\C/C=C\C/C=C\C/C=C\C/C=C\C/C=C\CCCCCCCCCCC(=O)OCC(O)COP(=O)(O)OCC(O)COP(=O)(O)OCC(COC(=O)CCCCCCCCCCC/C=C\C/C=C\C/C=C\C/C=C\CCCCC)OC(=O)CCCCCCC/C=C\C/C=C\C/C=C\C/C=C\C/C=C\CC. The molecule has 0 amide bonds. The van der Waals surface area contributed by atoms with Gasteiger partial charge in [0.2, 0.25) is 0 Å². The molecule has 620 valence electrons. The van der Waals surface area contributed by atoms with Gasteiger partial charge in [-0.2, -0.15) is 0 Å². The third-order valence-electron chi connectivity index (χ3n) is 17.1. The Morgan fingerprint density at radius 1 is 0.266 bits per heavy atom. The van der Waals surface area contributed by atoms with E-state index in [9.17, 15) is 43.5 Å². The molecule has 5 atom stereocenters. The average Bonchev–Trinajstić information content (AvgIpc) is 0.902. The number of hydrogen-bond donors (Lipinski definition) is 4. The predicted molar refractivity (Wildman–Crippen MR) is 454 cm³/mol. The topological polar surface area (TPSA) is 231 Å². The molecule has 0 aliphatic rings. The van der Waals surface area contributed by atoms with Crippen LogP contribution >= 0.6 is 15.6 Å². The minimum atomic E-state index is -4.95. The van der Waals surface area contributed by atoms with Crippen molar-refractivity contribution in [2.24, 2.45) is 0 Å². The lowest BCUT2D eigenvalue weighted by Crippen LogP contribution is -2.30. The molecule has 0 spiro atoms. The first-order chi connectivity index (χ1) is 53.2. The summed E-state index contributed by atoms with van der Waals surface area (Å²) >= 11 is 0. The number of hydrogen-bond acceptors (Lipinski definition) is 14. The summed E-state index contributed by atoms with van der Waals surface area (Å²) in [6.45, 7) is 2.39. The highest BCUT2D eigenvalue weighted by molar-refractivity contribution is 7.47. The van der Waals surface area contributed by atoms with E-state index >= 15 is 0 Å². The summed E-state index contributed by atoms with van der Waals surface area (Å²) in [5, 5.41) is 20.7. The summed E-state index contributed by atoms with van der Waals surface area (Å²) in [5.74, 6) is -1.62. The molecule has 4 N–H and O–H groups in total. The molecule has 0 radical (unpaired) electrons. The first kappa shape index (κ1) is 104. The maximum Gasteiger partial charge on any atom is 0.472 e. The molecule has 0 aromatic rings. The van der Waals surface area contributed by atoms with Crippen LogP contribution in [0.1, 0.15) is 316 Å². The number of rotatable bonds is 78. The van der Waals surface area contributed by atoms with E-state index in [0.717, 1.165) is 186 Å². The van der Waals surface area contributed by atoms with Crippen LogP contribution in [0.15, 0.2) is 182 Å². The zero-order chi connectivity index (χ0) is 79.4. The molecule has 0 aliphatic carbocycles. The number of aliphatic hydroxyl groups is 2. The van der Waals surface area contributed by atoms with Crippen molar-refractivity contribution < 1.29 is 75.8 Å². The van der Waals surface area contributed by atoms with Crippen molar-refractivity contribution in [2.45, 2.75) is 334 Å². The van der Waals surface area contributed by atoms with Crippen molar-refractivity contribution in [3.63, 3.8) is 0 Å². The second-order valence-corrected chi connectivity index (χ2v) is 30.4. The van der Waals surface area contributed by atoms with Crippen LogP contribution in [0.2, 0.25) is 0 Å². The number of phosphoric acid groups is 2. The summed E-state index contributed by atoms with van der Waals surface area (Å²) in [4.78, 5) is 58.9. The summed E-state index contributed by atoms with van der Waals surface area (Å²) in [7, 11) is -9.82. The Balaban J connectivity index is 4.70. The molecule has 0 aromatic carbocycles. The Kier molecular flexibility index (Phi) is 78.1. The van der Waals surface area contributed by atoms with Crippen molar-refractivity contribution in [3.05, 3.63) is 182 Å². The van der Waals surface area contributed by atoms with E-state index in [1.165, 1.54) is 70.6 Å². The molecule has 109 heavy (non-hydrogen) atoms. The first-order valence-electron chi connectivity index (χ1n) is 42.1. The number of allylic oxidation sites excluding steroid dienone is 30. The maximum atomic E-state index is 13.0. The van der Waals surface area contributed by atoms with Gasteiger partial charge in [0.25, 0.3) is 0 Å². The Bertz CT molecular complexity index is 2710. The van der Waals surface area contributed by atoms with Gasteiger partial charge in [-0.3, -0.25) is 32.5 Å². The molecule has 18 heteroatoms. The lowest BCUT2D eigenvalue weighted by Gasteiger charge is -2.21. The zero-order valence-electron chi connectivity index (χ0n) is 67.9. The minimum absolute atomic E-state index is 0.0744. The first-order valence-corrected chi connectivity index (χ1v) is 45.1. The second-order valence-electron chi connectivity index (χ2n) is 27.5. The van der Waals surface area contributed by atoms with Gasteiger partial charge in [-0.1, -0.05) is 319 Å². The summed E-state index contributed by atoms with van der Waals surface area (Å²) in [6, 6.07) is 0. The quantitative estimate of drug-likeness (QED) is 0.0146. The Morgan fingerprint density at radius 3 is 0.771 bits per heavy atom. The van der Waals surface area contributed by atoms with Crippen molar-refractivity contribution in [1.82, 2.24) is 0 Å². The Hall–Kier alpha value is -5.35. The normalized spacial score (nSPS) is 14.8. The monoisotopic (exact) mass is 1560 g/mol. The van der Waals surface area contributed by atoms with Crippen LogP contribution in [-0.2, 0) is 55.8 Å². The number of carbonyl (C=O) groups is 3. The van der Waals surface area contributed by atoms with Gasteiger partial charge in [-0.15, -0.1) is 0 Å². The molecule has 0 saturated carbocycles. The molecule has 5 unspecified atom stereocenters. The summed E-state index contributed by atoms with van der Waals surface area (Å²) in [5.41, 5.74) is 0. The van der Waals surface area contributed by atoms with Crippen LogP contribution in [0.3, 0.4) is 0 Å². The number of aliphatic hydroxyl groups excluding tert-OH is 2. The van der Waals surface area contributed by atoms with Gasteiger partial charge in [0.15, 0.2) is 6.10 Å². The van der Waals surface area contributed by atoms with E-state index < -0.39 is 91.5 Å². The highest BCUT2D eigenvalue weighted by atomic mass is 31.2. The number of ether oxygens (including phenoxy) is 3. The van der Waals surface area contributed by atoms with Crippen LogP contribution in [0.5, 0.6) is 0 Å². The Labute approximate surface area is 662 Å². The van der Waals surface area contributed by atoms with Crippen molar-refractivity contribution >= 4 is 33.6 Å². The average molecular weight is 1560 g/mol. The smallest absolute Gasteiger partial charge is 0.463 e. The van der Waals surface area contributed by atoms with Crippen LogP contribution in [-0.4, -0.2) is 95.9 Å². The van der Waals surface area contributed by atoms with Crippen LogP contribution in [0.25, 0.3) is 0 Å². The van der Waals surface area contributed by atoms with E-state index in [-0.39, 0.29) is 19.3 Å². The number of unbranched alkanes of at least 4 members (excludes halogenated alkanes) is 25. The number of phosphoric ester groups is 2. The van der Waals surface area contributed by atoms with Gasteiger partial charge in [0, 0.05) is 19.3 Å². The standard InChI is InChI=1S/C91H150O16P2/c1-4-7-10-13-16-19-22-25-28-31-34-37-39-41-42-44-46-48-50-53-56-59-62-65-68-71-74-77-89(94)101-80-86(92)81-103-108(97,98)104-82-87(93)83-105-109(99,100)106-85-88(107-91(96)79-76-73-70-67-64-61-58-55-52-47-36-33-30-27-24-21-18-15-12-9-6-3)84-102-90(95)78-75-72-69-66-63-60-57-54-51-49-45-43-40-38-35-32-29-26-23-20-17-14-11-8-5-2/h7,9-10,12,16-21,25-30,34-38,41-43,45-48,55,58,86-88,92-93H,4-6,8,11,13-15,22-24,31-33,39-40,44,49-54,56-57,59-85H2,1-3H3,(H,97,98)(H,99,100)/b10-7-,12-9-,19-16-,20-17-,21-18-,28-25-,29-26-,30-27-,37-34-,38-35-,42-41-,45-43-,47-36-,48-46-,58-55-. The fourth-order valence-electron chi connectivity index (χ4n) is 10.8. The molecule has 0 aliphatic heterocycles. The fourth-order valence-corrected chi connectivity index (χ4v) is 12.3. The molecule has 0 fully saturated rings. The third kappa shape index (κ3) is 83.4. The Morgan fingerprint density at radius 2 is 0.486 bits per heavy atom. The molecule has 16 nitrogen and oxygen atoms in total. The minimum Gasteiger partial charge on any atom is -0.463 e. The second kappa shape index (κ2) is 82.1. The van der Waals surface area contributed by atoms with E-state index in [1.54, 1.807) is 0 Å². The van der Waals surface area contributed by atoms with Gasteiger partial charge in [0.1, 0.15) is 25.4 Å². The number of carbonyl (C=O) groups excluding carboxylic acids is 3. The fraction of sp³-hybridized carbons (Fsp3) is 0.637. The van der Waals surface area contributed by atoms with Gasteiger partial charge in [-0.05, 0) is 161 Å². The lowest BCUT2D eigenvalue weighted by molar-refractivity contribution is -0.161. The van der Waals surface area contributed by atoms with E-state index in [1.807, 2.05) is 0 Å². The van der Waals surface area contributed by atoms with E-state index in [0.29, 0.717) is 19.3 Å². The molecule has 0 heterocycles. The van der Waals surface area contributed by atoms with E-state index in [2.05, 4.69) is 203 Å². The summed E-state index contributed by atoms with van der Waals surface area (Å²) in [6.07, 6.45) is 106. The number of esters is 3. The van der Waals surface area contributed by atoms with Gasteiger partial charge in [0.05, 0.1) is 26.4 Å². The largest absolute Gasteiger partial charge is 0.472 e. The van der Waals surface area contributed by atoms with E-state index in [4.69, 9.17) is 32.3 Å². The van der Waals surface area contributed by atoms with Crippen LogP contribution in [0, 0.1) is 0 Å². The van der Waals surface area contributed by atoms with Gasteiger partial charge in [-0.25, -0.2) is 9.13 Å². The molecule has 0 saturated heterocycles. The van der Waals surface area contributed by atoms with Crippen LogP contribution < -0.4 is 0 Å². The van der Waals surface area contributed by atoms with Gasteiger partial charge < -0.3 is 34.2 Å². The molecule has 0 bridgehead atoms. The highest BCUT2D eigenvalue weighted by Gasteiger charge is 2.29. The van der Waals surface area contributed by atoms with Crippen molar-refractivity contribution in [3.8, 4) is 0 Å². The van der Waals surface area contributed by atoms with Gasteiger partial charge >= 0.3 is 33.6 Å². The highest BCUT2D eigenvalue weighted by Crippen LogP contribution is 2.45. The van der Waals surface area contributed by atoms with Crippen LogP contribution in [0.4, 0.5) is 0 Å². The molecule has 0 aromatic heterocycles. The lowest BCUT2D eigenvalue weighted by atomic mass is 10.1. The molecular formula is C91H150O16P2. The van der Waals surface area contributed by atoms with Crippen molar-refractivity contribution in [2.75, 3.05) is 39.6 Å². The van der Waals surface area contributed by atoms with Crippen molar-refractivity contribution in [1.29, 1.82) is 0 Å². The molecular weight excluding hydrogens is 1410 g/mol. The predicted octanol–water partition coefficient (Wildman–Crippen LogP) is 25.3. The molecule has 0 rings (SSSR count). The zero-order valence-corrected chi connectivity index (χ0v) is 69.7. The summed E-state index contributed by atoms with van der Waals surface area (Å²) < 4.78 is 61.3. The third-order valence-corrected chi connectivity index (χ3v) is 19.0.